The van der Waals surface area contributed by atoms with Gasteiger partial charge in [0.1, 0.15) is 17.8 Å². The van der Waals surface area contributed by atoms with Crippen LogP contribution in [0.4, 0.5) is 4.79 Å². The number of nitrogens with two attached hydrogens (primary N) is 1. The number of hydrogen-bond donors (Lipinski definition) is 4. The Morgan fingerprint density at radius 3 is 2.17 bits per heavy atom. The number of nitrogens with zero attached hydrogens (tertiary/aromatic N) is 1. The van der Waals surface area contributed by atoms with Gasteiger partial charge < -0.3 is 40.8 Å². The van der Waals surface area contributed by atoms with Crippen molar-refractivity contribution in [3.8, 4) is 5.75 Å². The summed E-state index contributed by atoms with van der Waals surface area (Å²) in [6.45, 7) is 6.05. The molecule has 0 spiro atoms. The molecule has 0 aliphatic rings. The molecule has 2 aromatic rings. The lowest BCUT2D eigenvalue weighted by molar-refractivity contribution is -0.141. The highest BCUT2D eigenvalue weighted by atomic mass is 32.2. The van der Waals surface area contributed by atoms with Crippen molar-refractivity contribution in [2.75, 3.05) is 45.4 Å². The number of ether oxygens (including phenoxy) is 3. The molecular weight excluding hydrogens is 715 g/mol. The van der Waals surface area contributed by atoms with E-state index in [1.807, 2.05) is 50.4 Å². The van der Waals surface area contributed by atoms with Gasteiger partial charge in [-0.25, -0.2) is 4.79 Å². The quantitative estimate of drug-likeness (QED) is 0.0694. The minimum absolute atomic E-state index is 0.149. The molecule has 5 N–H and O–H groups in total. The molecule has 0 fully saturated rings. The van der Waals surface area contributed by atoms with E-state index < -0.39 is 48.5 Å². The summed E-state index contributed by atoms with van der Waals surface area (Å²) in [4.78, 5) is 78.8. The third-order valence-electron chi connectivity index (χ3n) is 8.24. The van der Waals surface area contributed by atoms with Gasteiger partial charge in [-0.1, -0.05) is 62.7 Å². The molecule has 0 heterocycles. The van der Waals surface area contributed by atoms with Crippen molar-refractivity contribution in [3.05, 3.63) is 65.7 Å². The van der Waals surface area contributed by atoms with Crippen LogP contribution in [0, 0.1) is 5.92 Å². The summed E-state index contributed by atoms with van der Waals surface area (Å²) < 4.78 is 14.9. The molecule has 2 rings (SSSR count). The van der Waals surface area contributed by atoms with Gasteiger partial charge in [-0.05, 0) is 73.8 Å². The molecule has 0 saturated heterocycles. The van der Waals surface area contributed by atoms with Crippen LogP contribution in [0.5, 0.6) is 5.75 Å². The van der Waals surface area contributed by atoms with Crippen LogP contribution in [-0.2, 0) is 46.3 Å². The Balaban J connectivity index is 2.11. The maximum absolute atomic E-state index is 13.8. The van der Waals surface area contributed by atoms with Gasteiger partial charge in [0.25, 0.3) is 0 Å². The van der Waals surface area contributed by atoms with Crippen LogP contribution >= 0.6 is 11.8 Å². The first-order chi connectivity index (χ1) is 25.9. The molecule has 2 aromatic carbocycles. The average molecular weight is 772 g/mol. The Kier molecular flexibility index (Phi) is 21.4. The monoisotopic (exact) mass is 771 g/mol. The molecule has 14 nitrogen and oxygen atoms in total. The van der Waals surface area contributed by atoms with Gasteiger partial charge >= 0.3 is 12.1 Å². The van der Waals surface area contributed by atoms with Gasteiger partial charge in [-0.15, -0.1) is 0 Å². The fourth-order valence-corrected chi connectivity index (χ4v) is 5.80. The summed E-state index contributed by atoms with van der Waals surface area (Å²) in [6.07, 6.45) is 3.71. The zero-order valence-electron chi connectivity index (χ0n) is 32.1. The number of esters is 1. The minimum Gasteiger partial charge on any atom is -0.469 e. The number of methoxy groups -OCH3 is 1. The third kappa shape index (κ3) is 17.5. The lowest BCUT2D eigenvalue weighted by atomic mass is 10.0. The molecule has 15 heteroatoms. The molecule has 298 valence electrons. The fourth-order valence-electron chi connectivity index (χ4n) is 5.33. The van der Waals surface area contributed by atoms with Crippen LogP contribution in [0.25, 0.3) is 0 Å². The van der Waals surface area contributed by atoms with Gasteiger partial charge in [0.05, 0.1) is 26.3 Å². The maximum atomic E-state index is 13.8. The van der Waals surface area contributed by atoms with Gasteiger partial charge in [-0.3, -0.25) is 24.0 Å². The topological polar surface area (TPSA) is 195 Å². The molecule has 0 radical (unpaired) electrons. The lowest BCUT2D eigenvalue weighted by Gasteiger charge is -2.31. The summed E-state index contributed by atoms with van der Waals surface area (Å²) in [6, 6.07) is 13.1. The van der Waals surface area contributed by atoms with Crippen molar-refractivity contribution >= 4 is 47.5 Å². The molecule has 54 heavy (non-hydrogen) atoms. The summed E-state index contributed by atoms with van der Waals surface area (Å²) in [5.41, 5.74) is 7.81. The van der Waals surface area contributed by atoms with Crippen LogP contribution in [0.3, 0.4) is 0 Å². The van der Waals surface area contributed by atoms with Gasteiger partial charge in [0, 0.05) is 25.9 Å². The second-order valence-electron chi connectivity index (χ2n) is 13.1. The molecule has 0 bridgehead atoms. The molecule has 3 atom stereocenters. The zero-order valence-corrected chi connectivity index (χ0v) is 32.9. The van der Waals surface area contributed by atoms with Crippen LogP contribution in [0.1, 0.15) is 64.0 Å². The number of benzene rings is 2. The molecule has 0 aliphatic heterocycles. The van der Waals surface area contributed by atoms with E-state index in [4.69, 9.17) is 19.9 Å². The second-order valence-corrected chi connectivity index (χ2v) is 14.1. The van der Waals surface area contributed by atoms with Crippen LogP contribution < -0.4 is 26.4 Å². The number of thioether (sulfide) groups is 1. The van der Waals surface area contributed by atoms with Crippen LogP contribution in [0.2, 0.25) is 0 Å². The van der Waals surface area contributed by atoms with Gasteiger partial charge in [0.2, 0.25) is 23.6 Å². The first kappa shape index (κ1) is 45.5. The summed E-state index contributed by atoms with van der Waals surface area (Å²) >= 11 is 1.50. The van der Waals surface area contributed by atoms with E-state index in [-0.39, 0.29) is 62.4 Å². The molecule has 0 unspecified atom stereocenters. The fraction of sp³-hybridized carbons (Fsp3) is 0.538. The van der Waals surface area contributed by atoms with Crippen molar-refractivity contribution in [2.45, 2.75) is 83.8 Å². The average Bonchev–Trinajstić information content (AvgIpc) is 3.16. The van der Waals surface area contributed by atoms with Gasteiger partial charge in [-0.2, -0.15) is 11.8 Å². The van der Waals surface area contributed by atoms with E-state index in [1.165, 1.54) is 23.8 Å². The third-order valence-corrected chi connectivity index (χ3v) is 8.88. The largest absolute Gasteiger partial charge is 0.513 e. The Labute approximate surface area is 323 Å². The predicted octanol–water partition coefficient (Wildman–Crippen LogP) is 3.39. The molecular formula is C39H57N5O9S. The summed E-state index contributed by atoms with van der Waals surface area (Å²) in [5.74, 6) is -1.20. The Bertz CT molecular complexity index is 1480. The van der Waals surface area contributed by atoms with E-state index >= 15 is 0 Å². The summed E-state index contributed by atoms with van der Waals surface area (Å²) in [7, 11) is 1.33. The van der Waals surface area contributed by atoms with E-state index in [9.17, 15) is 28.8 Å². The number of nitrogens with one attached hydrogen (secondary N) is 3. The van der Waals surface area contributed by atoms with Gasteiger partial charge in [0.15, 0.2) is 0 Å². The number of carbonyl (C=O) groups excluding carboxylic acids is 6. The highest BCUT2D eigenvalue weighted by Gasteiger charge is 2.31. The van der Waals surface area contributed by atoms with Crippen molar-refractivity contribution < 1.29 is 43.0 Å². The van der Waals surface area contributed by atoms with E-state index in [1.54, 1.807) is 31.2 Å². The standard InChI is InChI=1S/C39H57N5O9S/c1-6-41-38(49)33(24-28-13-9-7-10-14-28)44(21-12-8-11-15-35(46)51-4)34(45)25-42-37(48)32(20-22-54-5)43-36(47)31(40)23-29-16-18-30(19-17-29)53-39(50)52-26-27(2)3/h7,9-10,13-14,16-19,27,31-33H,6,8,11-12,15,20-26,40H2,1-5H3,(H,41,49)(H,42,48)(H,43,47)/t31-,32+,33-/m0/s1. The van der Waals surface area contributed by atoms with Crippen LogP contribution in [-0.4, -0.2) is 104 Å². The van der Waals surface area contributed by atoms with Crippen molar-refractivity contribution in [1.29, 1.82) is 0 Å². The zero-order chi connectivity index (χ0) is 39.9. The highest BCUT2D eigenvalue weighted by molar-refractivity contribution is 7.98. The van der Waals surface area contributed by atoms with Crippen molar-refractivity contribution in [1.82, 2.24) is 20.9 Å². The first-order valence-electron chi connectivity index (χ1n) is 18.3. The predicted molar refractivity (Wildman–Crippen MR) is 208 cm³/mol. The first-order valence-corrected chi connectivity index (χ1v) is 19.7. The Morgan fingerprint density at radius 2 is 1.54 bits per heavy atom. The van der Waals surface area contributed by atoms with Crippen molar-refractivity contribution in [3.63, 3.8) is 0 Å². The number of unbranched alkanes of at least 4 members (excludes halogenated alkanes) is 2. The summed E-state index contributed by atoms with van der Waals surface area (Å²) in [5, 5.41) is 8.24. The number of amides is 4. The maximum Gasteiger partial charge on any atom is 0.513 e. The SMILES string of the molecule is CCNC(=O)[C@H](Cc1ccccc1)N(CCCCCC(=O)OC)C(=O)CNC(=O)[C@@H](CCSC)NC(=O)[C@@H](N)Cc1ccc(OC(=O)OCC(C)C)cc1. The normalized spacial score (nSPS) is 12.5. The molecule has 0 aliphatic carbocycles. The Hall–Kier alpha value is -4.63. The van der Waals surface area contributed by atoms with Crippen LogP contribution in [0.15, 0.2) is 54.6 Å². The van der Waals surface area contributed by atoms with Crippen molar-refractivity contribution in [2.24, 2.45) is 11.7 Å². The Morgan fingerprint density at radius 1 is 0.852 bits per heavy atom. The number of likely N-dealkylation sites (N-methyl/N-ethyl adjacent to an activating group) is 1. The van der Waals surface area contributed by atoms with E-state index in [0.29, 0.717) is 37.1 Å². The minimum atomic E-state index is -0.996. The molecule has 0 aromatic heterocycles. The van der Waals surface area contributed by atoms with E-state index in [2.05, 4.69) is 16.0 Å². The number of carbonyl (C=O) groups is 6. The number of rotatable bonds is 24. The van der Waals surface area contributed by atoms with E-state index in [0.717, 1.165) is 5.56 Å². The molecule has 0 saturated carbocycles. The number of hydrogen-bond acceptors (Lipinski definition) is 11. The lowest BCUT2D eigenvalue weighted by Crippen LogP contribution is -2.56. The second kappa shape index (κ2) is 25.4. The smallest absolute Gasteiger partial charge is 0.469 e. The molecule has 4 amide bonds. The highest BCUT2D eigenvalue weighted by Crippen LogP contribution is 2.16.